The molecule has 1 rings (SSSR count). The molecule has 3 nitrogen and oxygen atoms in total. The zero-order valence-corrected chi connectivity index (χ0v) is 5.02. The van der Waals surface area contributed by atoms with Gasteiger partial charge in [-0.05, 0) is 6.92 Å². The summed E-state index contributed by atoms with van der Waals surface area (Å²) in [5, 5.41) is 11.2. The van der Waals surface area contributed by atoms with Gasteiger partial charge in [-0.1, -0.05) is 0 Å². The summed E-state index contributed by atoms with van der Waals surface area (Å²) < 4.78 is 11.7. The summed E-state index contributed by atoms with van der Waals surface area (Å²) in [6.45, 7) is 0.592. The third kappa shape index (κ3) is 0.702. The van der Waals surface area contributed by atoms with Gasteiger partial charge in [0.05, 0.1) is 6.04 Å². The van der Waals surface area contributed by atoms with E-state index in [2.05, 4.69) is 5.32 Å². The van der Waals surface area contributed by atoms with Crippen LogP contribution < -0.4 is 5.32 Å². The Labute approximate surface area is 51.9 Å². The van der Waals surface area contributed by atoms with Crippen LogP contribution in [0, 0.1) is 0 Å². The Morgan fingerprint density at radius 2 is 2.56 bits per heavy atom. The van der Waals surface area contributed by atoms with Crippen LogP contribution in [0.4, 0.5) is 4.39 Å². The molecule has 2 N–H and O–H groups in total. The second kappa shape index (κ2) is 1.67. The molecule has 9 heavy (non-hydrogen) atoms. The molecule has 2 atom stereocenters. The van der Waals surface area contributed by atoms with Crippen LogP contribution in [-0.2, 0) is 4.79 Å². The number of hydrogen-bond acceptors (Lipinski definition) is 2. The Morgan fingerprint density at radius 3 is 2.67 bits per heavy atom. The van der Waals surface area contributed by atoms with Gasteiger partial charge in [0.1, 0.15) is 6.67 Å². The maximum absolute atomic E-state index is 11.7. The summed E-state index contributed by atoms with van der Waals surface area (Å²) >= 11 is 0. The maximum atomic E-state index is 11.7. The van der Waals surface area contributed by atoms with Crippen molar-refractivity contribution in [2.75, 3.05) is 6.67 Å². The van der Waals surface area contributed by atoms with Crippen molar-refractivity contribution in [1.29, 1.82) is 0 Å². The van der Waals surface area contributed by atoms with E-state index in [0.717, 1.165) is 0 Å². The first-order valence-corrected chi connectivity index (χ1v) is 2.68. The van der Waals surface area contributed by atoms with E-state index in [1.807, 2.05) is 0 Å². The van der Waals surface area contributed by atoms with Crippen LogP contribution in [0.5, 0.6) is 0 Å². The van der Waals surface area contributed by atoms with Crippen molar-refractivity contribution in [2.45, 2.75) is 18.6 Å². The fraction of sp³-hybridized carbons (Fsp3) is 0.800. The Balaban J connectivity index is 2.58. The van der Waals surface area contributed by atoms with Gasteiger partial charge in [-0.25, -0.2) is 4.39 Å². The largest absolute Gasteiger partial charge is 0.378 e. The average Bonchev–Trinajstić information content (AvgIpc) is 1.82. The Kier molecular flexibility index (Phi) is 1.20. The number of hydrogen-bond donors (Lipinski definition) is 2. The summed E-state index contributed by atoms with van der Waals surface area (Å²) in [6.07, 6.45) is 0. The first-order chi connectivity index (χ1) is 4.09. The molecular weight excluding hydrogens is 125 g/mol. The smallest absolute Gasteiger partial charge is 0.254 e. The van der Waals surface area contributed by atoms with Gasteiger partial charge in [0.15, 0.2) is 5.60 Å². The van der Waals surface area contributed by atoms with Crippen LogP contribution in [0.15, 0.2) is 0 Å². The molecule has 52 valence electrons. The number of rotatable bonds is 1. The van der Waals surface area contributed by atoms with Crippen molar-refractivity contribution in [3.8, 4) is 0 Å². The molecular formula is C5H8FNO2. The number of carbonyl (C=O) groups excluding carboxylic acids is 1. The summed E-state index contributed by atoms with van der Waals surface area (Å²) in [5.74, 6) is -0.495. The number of aliphatic hydroxyl groups is 1. The zero-order valence-electron chi connectivity index (χ0n) is 5.02. The topological polar surface area (TPSA) is 49.3 Å². The van der Waals surface area contributed by atoms with Crippen LogP contribution in [0.25, 0.3) is 0 Å². The van der Waals surface area contributed by atoms with Crippen molar-refractivity contribution < 1.29 is 14.3 Å². The van der Waals surface area contributed by atoms with Crippen LogP contribution in [-0.4, -0.2) is 29.3 Å². The molecule has 4 heteroatoms. The molecule has 1 aliphatic rings. The lowest BCUT2D eigenvalue weighted by atomic mass is 9.88. The van der Waals surface area contributed by atoms with Crippen molar-refractivity contribution in [1.82, 2.24) is 5.32 Å². The highest BCUT2D eigenvalue weighted by Gasteiger charge is 2.49. The molecule has 0 radical (unpaired) electrons. The molecule has 0 aromatic heterocycles. The summed E-state index contributed by atoms with van der Waals surface area (Å²) in [4.78, 5) is 10.4. The monoisotopic (exact) mass is 133 g/mol. The van der Waals surface area contributed by atoms with Crippen molar-refractivity contribution in [3.63, 3.8) is 0 Å². The highest BCUT2D eigenvalue weighted by Crippen LogP contribution is 2.19. The van der Waals surface area contributed by atoms with E-state index in [0.29, 0.717) is 0 Å². The second-order valence-electron chi connectivity index (χ2n) is 2.33. The molecule has 0 bridgehead atoms. The van der Waals surface area contributed by atoms with E-state index < -0.39 is 24.2 Å². The normalized spacial score (nSPS) is 41.7. The van der Waals surface area contributed by atoms with Gasteiger partial charge >= 0.3 is 0 Å². The standard InChI is InChI=1S/C5H8FNO2/c1-5(9)3(2-6)7-4(5)8/h3,9H,2H2,1H3,(H,7,8). The van der Waals surface area contributed by atoms with E-state index in [4.69, 9.17) is 5.11 Å². The Hall–Kier alpha value is -0.640. The SMILES string of the molecule is CC1(O)C(=O)NC1CF. The minimum absolute atomic E-state index is 0.495. The fourth-order valence-corrected chi connectivity index (χ4v) is 0.714. The highest BCUT2D eigenvalue weighted by atomic mass is 19.1. The summed E-state index contributed by atoms with van der Waals surface area (Å²) in [7, 11) is 0. The highest BCUT2D eigenvalue weighted by molar-refractivity contribution is 5.92. The molecule has 1 amide bonds. The van der Waals surface area contributed by atoms with Gasteiger partial charge in [-0.3, -0.25) is 4.79 Å². The lowest BCUT2D eigenvalue weighted by molar-refractivity contribution is -0.158. The number of nitrogens with one attached hydrogen (secondary N) is 1. The Bertz CT molecular complexity index is 146. The van der Waals surface area contributed by atoms with Crippen LogP contribution in [0.3, 0.4) is 0 Å². The number of carbonyl (C=O) groups is 1. The van der Waals surface area contributed by atoms with Gasteiger partial charge in [0.25, 0.3) is 5.91 Å². The quantitative estimate of drug-likeness (QED) is 0.460. The molecule has 1 heterocycles. The number of β-lactam (4-membered cyclic amide) rings is 1. The number of halogens is 1. The van der Waals surface area contributed by atoms with Crippen molar-refractivity contribution in [2.24, 2.45) is 0 Å². The number of alkyl halides is 1. The predicted molar refractivity (Wildman–Crippen MR) is 28.5 cm³/mol. The van der Waals surface area contributed by atoms with Gasteiger partial charge in [0, 0.05) is 0 Å². The van der Waals surface area contributed by atoms with E-state index in [-0.39, 0.29) is 0 Å². The molecule has 1 fully saturated rings. The first-order valence-electron chi connectivity index (χ1n) is 2.68. The Morgan fingerprint density at radius 1 is 2.00 bits per heavy atom. The second-order valence-corrected chi connectivity index (χ2v) is 2.33. The molecule has 0 aliphatic carbocycles. The summed E-state index contributed by atoms with van der Waals surface area (Å²) in [5.41, 5.74) is -1.48. The number of amides is 1. The van der Waals surface area contributed by atoms with Gasteiger partial charge < -0.3 is 10.4 Å². The van der Waals surface area contributed by atoms with E-state index >= 15 is 0 Å². The predicted octanol–water partition coefficient (Wildman–Crippen LogP) is -0.795. The van der Waals surface area contributed by atoms with Crippen molar-refractivity contribution >= 4 is 5.91 Å². The van der Waals surface area contributed by atoms with Crippen molar-refractivity contribution in [3.05, 3.63) is 0 Å². The molecule has 0 saturated carbocycles. The zero-order chi connectivity index (χ0) is 7.07. The first kappa shape index (κ1) is 6.48. The molecule has 1 aliphatic heterocycles. The maximum Gasteiger partial charge on any atom is 0.254 e. The van der Waals surface area contributed by atoms with Crippen LogP contribution >= 0.6 is 0 Å². The van der Waals surface area contributed by atoms with Crippen LogP contribution in [0.2, 0.25) is 0 Å². The van der Waals surface area contributed by atoms with Gasteiger partial charge in [-0.2, -0.15) is 0 Å². The lowest BCUT2D eigenvalue weighted by Gasteiger charge is -2.40. The average molecular weight is 133 g/mol. The van der Waals surface area contributed by atoms with E-state index in [1.54, 1.807) is 0 Å². The molecule has 0 spiro atoms. The third-order valence-electron chi connectivity index (χ3n) is 1.60. The van der Waals surface area contributed by atoms with E-state index in [9.17, 15) is 9.18 Å². The minimum atomic E-state index is -1.48. The van der Waals surface area contributed by atoms with E-state index in [1.165, 1.54) is 6.92 Å². The third-order valence-corrected chi connectivity index (χ3v) is 1.60. The molecule has 0 aromatic carbocycles. The van der Waals surface area contributed by atoms with Gasteiger partial charge in [-0.15, -0.1) is 0 Å². The molecule has 0 aromatic rings. The summed E-state index contributed by atoms with van der Waals surface area (Å²) in [6, 6.07) is -0.704. The minimum Gasteiger partial charge on any atom is -0.378 e. The molecule has 1 saturated heterocycles. The fourth-order valence-electron chi connectivity index (χ4n) is 0.714. The van der Waals surface area contributed by atoms with Crippen LogP contribution in [0.1, 0.15) is 6.92 Å². The molecule has 2 unspecified atom stereocenters. The van der Waals surface area contributed by atoms with Gasteiger partial charge in [0.2, 0.25) is 0 Å². The lowest BCUT2D eigenvalue weighted by Crippen LogP contribution is -2.71.